The molecule has 1 amide bonds. The van der Waals surface area contributed by atoms with Crippen LogP contribution in [0.3, 0.4) is 0 Å². The van der Waals surface area contributed by atoms with Crippen LogP contribution in [0.15, 0.2) is 60.0 Å². The molecule has 0 radical (unpaired) electrons. The van der Waals surface area contributed by atoms with Crippen LogP contribution in [0.4, 0.5) is 0 Å². The molecule has 5 N–H and O–H groups in total. The minimum Gasteiger partial charge on any atom is -0.403 e. The highest BCUT2D eigenvalue weighted by molar-refractivity contribution is 6.25. The maximum atomic E-state index is 12.2. The first kappa shape index (κ1) is 20.1. The predicted octanol–water partition coefficient (Wildman–Crippen LogP) is 3.09. The van der Waals surface area contributed by atoms with Crippen LogP contribution in [0.2, 0.25) is 0 Å². The van der Waals surface area contributed by atoms with Gasteiger partial charge >= 0.3 is 0 Å². The molecule has 0 fully saturated rings. The second kappa shape index (κ2) is 10.7. The number of carbonyl (C=O) groups is 1. The van der Waals surface area contributed by atoms with Crippen LogP contribution < -0.4 is 16.8 Å². The van der Waals surface area contributed by atoms with Gasteiger partial charge in [0.1, 0.15) is 0 Å². The van der Waals surface area contributed by atoms with Gasteiger partial charge in [0.05, 0.1) is 0 Å². The number of nitrogens with one attached hydrogen (secondary N) is 1. The molecule has 122 valence electrons. The number of hydrogen-bond acceptors (Lipinski definition) is 3. The number of carbonyl (C=O) groups excluding carboxylic acids is 1. The zero-order valence-corrected chi connectivity index (χ0v) is 14.1. The Morgan fingerprint density at radius 2 is 2.14 bits per heavy atom. The summed E-state index contributed by atoms with van der Waals surface area (Å²) in [7, 11) is 0. The quantitative estimate of drug-likeness (QED) is 0.346. The van der Waals surface area contributed by atoms with E-state index in [0.29, 0.717) is 17.8 Å². The average molecular weight is 324 g/mol. The van der Waals surface area contributed by atoms with Crippen LogP contribution in [0.5, 0.6) is 0 Å². The lowest BCUT2D eigenvalue weighted by molar-refractivity contribution is -0.117. The third-order valence-corrected chi connectivity index (χ3v) is 3.45. The van der Waals surface area contributed by atoms with Crippen molar-refractivity contribution in [3.8, 4) is 0 Å². The van der Waals surface area contributed by atoms with E-state index in [-0.39, 0.29) is 11.3 Å². The number of rotatable bonds is 9. The van der Waals surface area contributed by atoms with Crippen molar-refractivity contribution >= 4 is 17.5 Å². The molecule has 0 saturated carbocycles. The first-order valence-electron chi connectivity index (χ1n) is 7.11. The molecule has 0 saturated heterocycles. The summed E-state index contributed by atoms with van der Waals surface area (Å²) in [5.41, 5.74) is 13.1. The summed E-state index contributed by atoms with van der Waals surface area (Å²) in [6.45, 7) is 8.28. The predicted molar refractivity (Wildman–Crippen MR) is 94.9 cm³/mol. The molecule has 1 unspecified atom stereocenters. The van der Waals surface area contributed by atoms with Crippen molar-refractivity contribution in [2.24, 2.45) is 16.9 Å². The van der Waals surface area contributed by atoms with Crippen molar-refractivity contribution in [2.75, 3.05) is 6.54 Å². The number of hydrogen-bond donors (Lipinski definition) is 3. The van der Waals surface area contributed by atoms with E-state index in [1.165, 1.54) is 17.8 Å². The standard InChI is InChI=1S/C17H26ClN3O/c1-4-7-14(12-15(20)13-19)16(22)21-11-9-17(3,5-2)8-6-10-18/h4-7,10,12-13H,2,8-9,11,19-20H2,1,3H3,(H,21,22)/b7-4?,10-6+,14-12+,15-13-. The molecule has 0 aliphatic rings. The molecule has 22 heavy (non-hydrogen) atoms. The van der Waals surface area contributed by atoms with Gasteiger partial charge in [0, 0.05) is 29.6 Å². The van der Waals surface area contributed by atoms with Crippen LogP contribution in [-0.4, -0.2) is 12.5 Å². The molecule has 0 aromatic heterocycles. The highest BCUT2D eigenvalue weighted by atomic mass is 35.5. The Kier molecular flexibility index (Phi) is 9.79. The summed E-state index contributed by atoms with van der Waals surface area (Å²) < 4.78 is 0. The minimum absolute atomic E-state index is 0.112. The fourth-order valence-electron chi connectivity index (χ4n) is 1.76. The Balaban J connectivity index is 4.71. The van der Waals surface area contributed by atoms with E-state index < -0.39 is 0 Å². The fraction of sp³-hybridized carbons (Fsp3) is 0.353. The van der Waals surface area contributed by atoms with Crippen molar-refractivity contribution in [2.45, 2.75) is 26.7 Å². The third-order valence-electron chi connectivity index (χ3n) is 3.27. The summed E-state index contributed by atoms with van der Waals surface area (Å²) >= 11 is 5.56. The Bertz CT molecular complexity index is 492. The molecule has 1 atom stereocenters. The molecule has 0 heterocycles. The van der Waals surface area contributed by atoms with Gasteiger partial charge in [0.25, 0.3) is 5.91 Å². The minimum atomic E-state index is -0.192. The molecule has 5 heteroatoms. The lowest BCUT2D eigenvalue weighted by Gasteiger charge is -2.24. The smallest absolute Gasteiger partial charge is 0.251 e. The van der Waals surface area contributed by atoms with Crippen molar-refractivity contribution in [1.29, 1.82) is 0 Å². The summed E-state index contributed by atoms with van der Waals surface area (Å²) in [5, 5.41) is 2.88. The van der Waals surface area contributed by atoms with E-state index in [9.17, 15) is 4.79 Å². The highest BCUT2D eigenvalue weighted by Crippen LogP contribution is 2.27. The SMILES string of the molecule is C=CC(C)(C/C=C/Cl)CCNC(=O)/C(C=CC)=C/C(N)=C/N. The van der Waals surface area contributed by atoms with Gasteiger partial charge in [-0.3, -0.25) is 4.79 Å². The van der Waals surface area contributed by atoms with Crippen molar-refractivity contribution in [3.63, 3.8) is 0 Å². The van der Waals surface area contributed by atoms with Gasteiger partial charge in [-0.25, -0.2) is 0 Å². The topological polar surface area (TPSA) is 81.1 Å². The van der Waals surface area contributed by atoms with Crippen LogP contribution in [0, 0.1) is 5.41 Å². The summed E-state index contributed by atoms with van der Waals surface area (Å²) in [4.78, 5) is 12.2. The van der Waals surface area contributed by atoms with Gasteiger partial charge in [0.15, 0.2) is 0 Å². The lowest BCUT2D eigenvalue weighted by atomic mass is 9.83. The van der Waals surface area contributed by atoms with E-state index in [0.717, 1.165) is 12.8 Å². The second-order valence-corrected chi connectivity index (χ2v) is 5.45. The number of halogens is 1. The normalized spacial score (nSPS) is 16.0. The lowest BCUT2D eigenvalue weighted by Crippen LogP contribution is -2.29. The summed E-state index contributed by atoms with van der Waals surface area (Å²) in [5.74, 6) is -0.192. The van der Waals surface area contributed by atoms with E-state index >= 15 is 0 Å². The van der Waals surface area contributed by atoms with Crippen molar-refractivity contribution < 1.29 is 4.79 Å². The molecule has 0 aliphatic carbocycles. The summed E-state index contributed by atoms with van der Waals surface area (Å²) in [6, 6.07) is 0. The first-order valence-corrected chi connectivity index (χ1v) is 7.55. The highest BCUT2D eigenvalue weighted by Gasteiger charge is 2.18. The van der Waals surface area contributed by atoms with Crippen LogP contribution in [0.1, 0.15) is 26.7 Å². The molecule has 4 nitrogen and oxygen atoms in total. The zero-order chi connectivity index (χ0) is 17.0. The Morgan fingerprint density at radius 1 is 1.45 bits per heavy atom. The van der Waals surface area contributed by atoms with E-state index in [2.05, 4.69) is 18.8 Å². The Labute approximate surface area is 138 Å². The first-order chi connectivity index (χ1) is 10.4. The number of nitrogens with two attached hydrogens (primary N) is 2. The third kappa shape index (κ3) is 7.74. The molecule has 0 aromatic carbocycles. The number of amides is 1. The molecule has 0 bridgehead atoms. The van der Waals surface area contributed by atoms with Gasteiger partial charge in [-0.05, 0) is 31.3 Å². The molecule has 0 aromatic rings. The van der Waals surface area contributed by atoms with Crippen LogP contribution >= 0.6 is 11.6 Å². The van der Waals surface area contributed by atoms with Crippen LogP contribution in [-0.2, 0) is 4.79 Å². The van der Waals surface area contributed by atoms with Crippen LogP contribution in [0.25, 0.3) is 0 Å². The molecule has 0 spiro atoms. The Morgan fingerprint density at radius 3 is 2.64 bits per heavy atom. The average Bonchev–Trinajstić information content (AvgIpc) is 2.52. The van der Waals surface area contributed by atoms with Gasteiger partial charge in [-0.1, -0.05) is 42.8 Å². The maximum absolute atomic E-state index is 12.2. The molecular formula is C17H26ClN3O. The molecular weight excluding hydrogens is 298 g/mol. The van der Waals surface area contributed by atoms with E-state index in [1.54, 1.807) is 12.2 Å². The van der Waals surface area contributed by atoms with E-state index in [1.807, 2.05) is 19.1 Å². The Hall–Kier alpha value is -1.94. The van der Waals surface area contributed by atoms with E-state index in [4.69, 9.17) is 23.1 Å². The molecule has 0 aliphatic heterocycles. The number of allylic oxidation sites excluding steroid dienone is 4. The maximum Gasteiger partial charge on any atom is 0.251 e. The van der Waals surface area contributed by atoms with Gasteiger partial charge in [-0.2, -0.15) is 0 Å². The van der Waals surface area contributed by atoms with Crippen molar-refractivity contribution in [3.05, 3.63) is 60.0 Å². The second-order valence-electron chi connectivity index (χ2n) is 5.20. The zero-order valence-electron chi connectivity index (χ0n) is 13.3. The monoisotopic (exact) mass is 323 g/mol. The largest absolute Gasteiger partial charge is 0.403 e. The summed E-state index contributed by atoms with van der Waals surface area (Å²) in [6.07, 6.45) is 11.5. The van der Waals surface area contributed by atoms with Crippen molar-refractivity contribution in [1.82, 2.24) is 5.32 Å². The van der Waals surface area contributed by atoms with Gasteiger partial charge in [-0.15, -0.1) is 6.58 Å². The fourth-order valence-corrected chi connectivity index (χ4v) is 1.85. The molecule has 0 rings (SSSR count). The van der Waals surface area contributed by atoms with Gasteiger partial charge in [0.2, 0.25) is 0 Å². The van der Waals surface area contributed by atoms with Gasteiger partial charge < -0.3 is 16.8 Å².